The number of halogens is 1. The highest BCUT2D eigenvalue weighted by molar-refractivity contribution is 6.30. The number of carbonyl (C=O) groups is 1. The fraction of sp³-hybridized carbons (Fsp3) is 0.200. The van der Waals surface area contributed by atoms with E-state index in [4.69, 9.17) is 16.7 Å². The Kier molecular flexibility index (Phi) is 3.65. The van der Waals surface area contributed by atoms with Crippen LogP contribution in [0.4, 0.5) is 0 Å². The molecule has 1 rings (SSSR count). The first kappa shape index (κ1) is 10.7. The number of pyridine rings is 1. The van der Waals surface area contributed by atoms with E-state index in [1.165, 1.54) is 12.3 Å². The second-order valence-electron chi connectivity index (χ2n) is 2.75. The van der Waals surface area contributed by atoms with E-state index in [9.17, 15) is 4.79 Å². The molecule has 0 amide bonds. The number of carboxylic acid groups (broad SMARTS) is 1. The van der Waals surface area contributed by atoms with Crippen molar-refractivity contribution in [3.63, 3.8) is 0 Å². The van der Waals surface area contributed by atoms with Crippen molar-refractivity contribution in [1.29, 1.82) is 0 Å². The molecule has 0 aromatic carbocycles. The van der Waals surface area contributed by atoms with Crippen molar-refractivity contribution < 1.29 is 9.90 Å². The zero-order chi connectivity index (χ0) is 10.6. The van der Waals surface area contributed by atoms with Crippen LogP contribution in [0.25, 0.3) is 5.57 Å². The molecule has 0 atom stereocenters. The summed E-state index contributed by atoms with van der Waals surface area (Å²) in [4.78, 5) is 14.4. The van der Waals surface area contributed by atoms with Crippen molar-refractivity contribution in [2.75, 3.05) is 0 Å². The van der Waals surface area contributed by atoms with Crippen molar-refractivity contribution in [3.8, 4) is 0 Å². The normalized spacial score (nSPS) is 11.4. The van der Waals surface area contributed by atoms with Gasteiger partial charge in [-0.05, 0) is 23.6 Å². The van der Waals surface area contributed by atoms with Gasteiger partial charge in [-0.1, -0.05) is 18.5 Å². The number of carboxylic acids is 1. The SMILES string of the molecule is CC/C(=C\C(=O)O)c1cncc(Cl)c1. The molecule has 1 aromatic rings. The Morgan fingerprint density at radius 1 is 1.64 bits per heavy atom. The van der Waals surface area contributed by atoms with Crippen LogP contribution in [0.5, 0.6) is 0 Å². The number of nitrogens with zero attached hydrogens (tertiary/aromatic N) is 1. The van der Waals surface area contributed by atoms with E-state index in [0.29, 0.717) is 17.0 Å². The quantitative estimate of drug-likeness (QED) is 0.782. The Balaban J connectivity index is 3.07. The van der Waals surface area contributed by atoms with Crippen LogP contribution in [-0.2, 0) is 4.79 Å². The third-order valence-corrected chi connectivity index (χ3v) is 1.96. The summed E-state index contributed by atoms with van der Waals surface area (Å²) in [5.74, 6) is -0.957. The molecule has 0 saturated carbocycles. The Hall–Kier alpha value is -1.35. The van der Waals surface area contributed by atoms with Crippen molar-refractivity contribution in [1.82, 2.24) is 4.98 Å². The van der Waals surface area contributed by atoms with Gasteiger partial charge in [-0.15, -0.1) is 0 Å². The Morgan fingerprint density at radius 2 is 2.36 bits per heavy atom. The third-order valence-electron chi connectivity index (χ3n) is 1.75. The summed E-state index contributed by atoms with van der Waals surface area (Å²) in [7, 11) is 0. The molecule has 0 saturated heterocycles. The number of aromatic nitrogens is 1. The maximum absolute atomic E-state index is 10.5. The first-order valence-electron chi connectivity index (χ1n) is 4.18. The van der Waals surface area contributed by atoms with E-state index in [-0.39, 0.29) is 0 Å². The van der Waals surface area contributed by atoms with Gasteiger partial charge in [-0.3, -0.25) is 4.98 Å². The molecule has 0 spiro atoms. The average Bonchev–Trinajstić information content (AvgIpc) is 2.14. The number of hydrogen-bond acceptors (Lipinski definition) is 2. The van der Waals surface area contributed by atoms with Crippen LogP contribution in [0.1, 0.15) is 18.9 Å². The lowest BCUT2D eigenvalue weighted by molar-refractivity contribution is -0.131. The molecule has 1 N–H and O–H groups in total. The first-order valence-corrected chi connectivity index (χ1v) is 4.55. The predicted octanol–water partition coefficient (Wildman–Crippen LogP) is 2.61. The summed E-state index contributed by atoms with van der Waals surface area (Å²) < 4.78 is 0. The largest absolute Gasteiger partial charge is 0.478 e. The summed E-state index contributed by atoms with van der Waals surface area (Å²) in [6.07, 6.45) is 4.92. The number of rotatable bonds is 3. The van der Waals surface area contributed by atoms with Crippen LogP contribution in [0.15, 0.2) is 24.5 Å². The highest BCUT2D eigenvalue weighted by atomic mass is 35.5. The lowest BCUT2D eigenvalue weighted by Gasteiger charge is -2.03. The molecular formula is C10H10ClNO2. The zero-order valence-corrected chi connectivity index (χ0v) is 8.45. The monoisotopic (exact) mass is 211 g/mol. The molecule has 1 heterocycles. The fourth-order valence-corrected chi connectivity index (χ4v) is 1.30. The van der Waals surface area contributed by atoms with E-state index < -0.39 is 5.97 Å². The topological polar surface area (TPSA) is 50.2 Å². The average molecular weight is 212 g/mol. The standard InChI is InChI=1S/C10H10ClNO2/c1-2-7(4-10(13)14)8-3-9(11)6-12-5-8/h3-6H,2H2,1H3,(H,13,14)/b7-4+. The molecule has 0 unspecified atom stereocenters. The Bertz CT molecular complexity index is 374. The first-order chi connectivity index (χ1) is 6.63. The second kappa shape index (κ2) is 4.77. The predicted molar refractivity (Wildman–Crippen MR) is 55.2 cm³/mol. The van der Waals surface area contributed by atoms with Gasteiger partial charge in [0.15, 0.2) is 0 Å². The van der Waals surface area contributed by atoms with Crippen molar-refractivity contribution >= 4 is 23.1 Å². The summed E-state index contributed by atoms with van der Waals surface area (Å²) >= 11 is 5.75. The highest BCUT2D eigenvalue weighted by Gasteiger charge is 2.02. The molecule has 4 heteroatoms. The minimum absolute atomic E-state index is 0.507. The van der Waals surface area contributed by atoms with Gasteiger partial charge in [0.1, 0.15) is 0 Å². The van der Waals surface area contributed by atoms with E-state index in [0.717, 1.165) is 5.56 Å². The maximum atomic E-state index is 10.5. The van der Waals surface area contributed by atoms with Crippen LogP contribution in [0.2, 0.25) is 5.02 Å². The smallest absolute Gasteiger partial charge is 0.328 e. The molecule has 0 aliphatic carbocycles. The lowest BCUT2D eigenvalue weighted by Crippen LogP contribution is -1.92. The van der Waals surface area contributed by atoms with Gasteiger partial charge in [0, 0.05) is 18.5 Å². The number of allylic oxidation sites excluding steroid dienone is 1. The van der Waals surface area contributed by atoms with Gasteiger partial charge in [0.25, 0.3) is 0 Å². The molecule has 74 valence electrons. The number of aliphatic carboxylic acids is 1. The minimum atomic E-state index is -0.957. The van der Waals surface area contributed by atoms with E-state index in [2.05, 4.69) is 4.98 Å². The summed E-state index contributed by atoms with van der Waals surface area (Å²) in [6, 6.07) is 1.70. The summed E-state index contributed by atoms with van der Waals surface area (Å²) in [6.45, 7) is 1.88. The van der Waals surface area contributed by atoms with Gasteiger partial charge in [-0.25, -0.2) is 4.79 Å². The summed E-state index contributed by atoms with van der Waals surface area (Å²) in [5.41, 5.74) is 1.47. The lowest BCUT2D eigenvalue weighted by atomic mass is 10.1. The second-order valence-corrected chi connectivity index (χ2v) is 3.19. The molecule has 0 radical (unpaired) electrons. The van der Waals surface area contributed by atoms with Crippen LogP contribution >= 0.6 is 11.6 Å². The highest BCUT2D eigenvalue weighted by Crippen LogP contribution is 2.19. The molecule has 14 heavy (non-hydrogen) atoms. The van der Waals surface area contributed by atoms with Gasteiger partial charge in [0.2, 0.25) is 0 Å². The van der Waals surface area contributed by atoms with Crippen molar-refractivity contribution in [2.45, 2.75) is 13.3 Å². The maximum Gasteiger partial charge on any atom is 0.328 e. The van der Waals surface area contributed by atoms with Crippen molar-refractivity contribution in [3.05, 3.63) is 35.1 Å². The molecule has 0 aliphatic heterocycles. The zero-order valence-electron chi connectivity index (χ0n) is 7.70. The van der Waals surface area contributed by atoms with Gasteiger partial charge >= 0.3 is 5.97 Å². The molecule has 0 bridgehead atoms. The van der Waals surface area contributed by atoms with Crippen LogP contribution < -0.4 is 0 Å². The Morgan fingerprint density at radius 3 is 2.86 bits per heavy atom. The van der Waals surface area contributed by atoms with Crippen molar-refractivity contribution in [2.24, 2.45) is 0 Å². The molecule has 0 fully saturated rings. The van der Waals surface area contributed by atoms with E-state index in [1.54, 1.807) is 12.3 Å². The number of hydrogen-bond donors (Lipinski definition) is 1. The summed E-state index contributed by atoms with van der Waals surface area (Å²) in [5, 5.41) is 9.12. The molecule has 0 aliphatic rings. The minimum Gasteiger partial charge on any atom is -0.478 e. The van der Waals surface area contributed by atoms with Gasteiger partial charge in [-0.2, -0.15) is 0 Å². The van der Waals surface area contributed by atoms with Crippen LogP contribution in [0.3, 0.4) is 0 Å². The third kappa shape index (κ3) is 2.85. The molecule has 3 nitrogen and oxygen atoms in total. The Labute approximate surface area is 87.0 Å². The van der Waals surface area contributed by atoms with Gasteiger partial charge in [0.05, 0.1) is 5.02 Å². The van der Waals surface area contributed by atoms with Crippen LogP contribution in [0, 0.1) is 0 Å². The molecular weight excluding hydrogens is 202 g/mol. The fourth-order valence-electron chi connectivity index (χ4n) is 1.13. The van der Waals surface area contributed by atoms with E-state index >= 15 is 0 Å². The van der Waals surface area contributed by atoms with Gasteiger partial charge < -0.3 is 5.11 Å². The van der Waals surface area contributed by atoms with Crippen LogP contribution in [-0.4, -0.2) is 16.1 Å². The van der Waals surface area contributed by atoms with E-state index in [1.807, 2.05) is 6.92 Å². The molecule has 1 aromatic heterocycles.